The van der Waals surface area contributed by atoms with Crippen LogP contribution in [0.15, 0.2) is 34.2 Å². The van der Waals surface area contributed by atoms with Crippen molar-refractivity contribution in [3.8, 4) is 0 Å². The first-order valence-electron chi connectivity index (χ1n) is 5.88. The van der Waals surface area contributed by atoms with Gasteiger partial charge in [-0.05, 0) is 46.6 Å². The number of hydrogen-bond donors (Lipinski definition) is 1. The first-order valence-corrected chi connectivity index (χ1v) is 7.49. The predicted octanol–water partition coefficient (Wildman–Crippen LogP) is 3.65. The Kier molecular flexibility index (Phi) is 4.60. The van der Waals surface area contributed by atoms with Crippen molar-refractivity contribution in [3.63, 3.8) is 0 Å². The fraction of sp³-hybridized carbons (Fsp3) is 0.308. The van der Waals surface area contributed by atoms with Crippen molar-refractivity contribution >= 4 is 33.2 Å². The highest BCUT2D eigenvalue weighted by molar-refractivity contribution is 9.11. The van der Waals surface area contributed by atoms with Crippen LogP contribution in [0.5, 0.6) is 0 Å². The van der Waals surface area contributed by atoms with Crippen molar-refractivity contribution in [2.45, 2.75) is 26.4 Å². The van der Waals surface area contributed by atoms with E-state index < -0.39 is 0 Å². The van der Waals surface area contributed by atoms with E-state index in [-0.39, 0.29) is 5.91 Å². The van der Waals surface area contributed by atoms with Crippen LogP contribution in [0.25, 0.3) is 0 Å². The molecule has 0 saturated carbocycles. The summed E-state index contributed by atoms with van der Waals surface area (Å²) in [6, 6.07) is 7.77. The molecule has 0 aliphatic carbocycles. The molecular formula is C13H15BrN2OS. The minimum Gasteiger partial charge on any atom is -0.346 e. The number of nitrogens with zero attached hydrogens (tertiary/aromatic N) is 1. The van der Waals surface area contributed by atoms with Gasteiger partial charge in [0.2, 0.25) is 0 Å². The number of hydrogen-bond acceptors (Lipinski definition) is 2. The summed E-state index contributed by atoms with van der Waals surface area (Å²) in [4.78, 5) is 13.2. The highest BCUT2D eigenvalue weighted by atomic mass is 79.9. The number of rotatable bonds is 5. The van der Waals surface area contributed by atoms with Gasteiger partial charge in [0.15, 0.2) is 0 Å². The van der Waals surface area contributed by atoms with Gasteiger partial charge >= 0.3 is 0 Å². The fourth-order valence-corrected chi connectivity index (χ4v) is 3.18. The van der Waals surface area contributed by atoms with Gasteiger partial charge in [-0.25, -0.2) is 0 Å². The number of carbonyl (C=O) groups is 1. The summed E-state index contributed by atoms with van der Waals surface area (Å²) in [7, 11) is 0. The highest BCUT2D eigenvalue weighted by Crippen LogP contribution is 2.21. The standard InChI is InChI=1S/C13H15BrN2OS/c1-2-7-16-8-3-4-11(16)13(17)15-9-10-5-6-12(14)18-10/h3-6,8H,2,7,9H2,1H3,(H,15,17). The number of amides is 1. The number of nitrogens with one attached hydrogen (secondary N) is 1. The molecule has 0 spiro atoms. The van der Waals surface area contributed by atoms with Gasteiger partial charge < -0.3 is 9.88 Å². The largest absolute Gasteiger partial charge is 0.346 e. The van der Waals surface area contributed by atoms with Crippen LogP contribution < -0.4 is 5.32 Å². The number of aromatic nitrogens is 1. The quantitative estimate of drug-likeness (QED) is 0.894. The van der Waals surface area contributed by atoms with Crippen LogP contribution in [-0.4, -0.2) is 10.5 Å². The Hall–Kier alpha value is -1.07. The maximum absolute atomic E-state index is 12.0. The van der Waals surface area contributed by atoms with Gasteiger partial charge in [0, 0.05) is 17.6 Å². The van der Waals surface area contributed by atoms with E-state index in [0.29, 0.717) is 6.54 Å². The average Bonchev–Trinajstić information content (AvgIpc) is 2.96. The Morgan fingerprint density at radius 1 is 1.44 bits per heavy atom. The predicted molar refractivity (Wildman–Crippen MR) is 77.9 cm³/mol. The molecule has 1 N–H and O–H groups in total. The Balaban J connectivity index is 1.97. The van der Waals surface area contributed by atoms with Gasteiger partial charge in [-0.2, -0.15) is 0 Å². The molecule has 0 aliphatic heterocycles. The van der Waals surface area contributed by atoms with E-state index in [0.717, 1.165) is 27.3 Å². The summed E-state index contributed by atoms with van der Waals surface area (Å²) in [6.45, 7) is 3.55. The molecule has 2 aromatic rings. The molecule has 0 atom stereocenters. The second-order valence-corrected chi connectivity index (χ2v) is 6.52. The topological polar surface area (TPSA) is 34.0 Å². The molecule has 96 valence electrons. The monoisotopic (exact) mass is 326 g/mol. The third-order valence-corrected chi connectivity index (χ3v) is 4.20. The Bertz CT molecular complexity index is 533. The molecule has 0 aromatic carbocycles. The minimum absolute atomic E-state index is 0.0158. The third-order valence-electron chi connectivity index (χ3n) is 2.58. The van der Waals surface area contributed by atoms with Gasteiger partial charge in [0.25, 0.3) is 5.91 Å². The van der Waals surface area contributed by atoms with Crippen LogP contribution in [0.2, 0.25) is 0 Å². The van der Waals surface area contributed by atoms with Crippen LogP contribution in [-0.2, 0) is 13.1 Å². The molecule has 18 heavy (non-hydrogen) atoms. The normalized spacial score (nSPS) is 10.6. The first-order chi connectivity index (χ1) is 8.70. The molecule has 0 saturated heterocycles. The molecule has 2 rings (SSSR count). The molecule has 5 heteroatoms. The summed E-state index contributed by atoms with van der Waals surface area (Å²) in [5.41, 5.74) is 0.729. The maximum Gasteiger partial charge on any atom is 0.268 e. The van der Waals surface area contributed by atoms with E-state index in [2.05, 4.69) is 28.2 Å². The van der Waals surface area contributed by atoms with Crippen LogP contribution in [0.1, 0.15) is 28.7 Å². The first kappa shape index (κ1) is 13.4. The van der Waals surface area contributed by atoms with Gasteiger partial charge in [0.05, 0.1) is 10.3 Å². The van der Waals surface area contributed by atoms with Crippen molar-refractivity contribution in [1.29, 1.82) is 0 Å². The average molecular weight is 327 g/mol. The third kappa shape index (κ3) is 3.23. The van der Waals surface area contributed by atoms with Gasteiger partial charge in [-0.15, -0.1) is 11.3 Å². The Labute approximate surface area is 119 Å². The summed E-state index contributed by atoms with van der Waals surface area (Å²) < 4.78 is 3.07. The molecule has 0 fully saturated rings. The molecule has 0 unspecified atom stereocenters. The van der Waals surface area contributed by atoms with Crippen LogP contribution in [0.4, 0.5) is 0 Å². The smallest absolute Gasteiger partial charge is 0.268 e. The van der Waals surface area contributed by atoms with Crippen LogP contribution in [0, 0.1) is 0 Å². The molecule has 2 heterocycles. The zero-order valence-corrected chi connectivity index (χ0v) is 12.6. The van der Waals surface area contributed by atoms with E-state index in [9.17, 15) is 4.79 Å². The lowest BCUT2D eigenvalue weighted by atomic mass is 10.3. The molecule has 2 aromatic heterocycles. The molecule has 0 bridgehead atoms. The Morgan fingerprint density at radius 2 is 2.28 bits per heavy atom. The van der Waals surface area contributed by atoms with Crippen molar-refractivity contribution in [1.82, 2.24) is 9.88 Å². The highest BCUT2D eigenvalue weighted by Gasteiger charge is 2.10. The Morgan fingerprint density at radius 3 is 2.94 bits per heavy atom. The van der Waals surface area contributed by atoms with Crippen molar-refractivity contribution in [2.24, 2.45) is 0 Å². The van der Waals surface area contributed by atoms with Crippen molar-refractivity contribution in [2.75, 3.05) is 0 Å². The lowest BCUT2D eigenvalue weighted by Gasteiger charge is -2.08. The van der Waals surface area contributed by atoms with Gasteiger partial charge in [-0.1, -0.05) is 6.92 Å². The fourth-order valence-electron chi connectivity index (χ4n) is 1.76. The molecule has 1 amide bonds. The van der Waals surface area contributed by atoms with Crippen molar-refractivity contribution < 1.29 is 4.79 Å². The van der Waals surface area contributed by atoms with Crippen LogP contribution >= 0.6 is 27.3 Å². The van der Waals surface area contributed by atoms with Gasteiger partial charge in [-0.3, -0.25) is 4.79 Å². The van der Waals surface area contributed by atoms with E-state index in [4.69, 9.17) is 0 Å². The zero-order chi connectivity index (χ0) is 13.0. The molecule has 0 radical (unpaired) electrons. The number of aryl methyl sites for hydroxylation is 1. The minimum atomic E-state index is -0.0158. The SMILES string of the molecule is CCCn1cccc1C(=O)NCc1ccc(Br)s1. The molecular weight excluding hydrogens is 312 g/mol. The molecule has 3 nitrogen and oxygen atoms in total. The lowest BCUT2D eigenvalue weighted by molar-refractivity contribution is 0.0942. The van der Waals surface area contributed by atoms with E-state index in [1.165, 1.54) is 0 Å². The summed E-state index contributed by atoms with van der Waals surface area (Å²) in [5, 5.41) is 2.94. The van der Waals surface area contributed by atoms with E-state index in [1.807, 2.05) is 35.0 Å². The zero-order valence-electron chi connectivity index (χ0n) is 10.1. The number of halogens is 1. The number of carbonyl (C=O) groups excluding carboxylic acids is 1. The van der Waals surface area contributed by atoms with Crippen molar-refractivity contribution in [3.05, 3.63) is 44.8 Å². The lowest BCUT2D eigenvalue weighted by Crippen LogP contribution is -2.25. The second-order valence-electron chi connectivity index (χ2n) is 3.98. The maximum atomic E-state index is 12.0. The van der Waals surface area contributed by atoms with E-state index >= 15 is 0 Å². The second kappa shape index (κ2) is 6.20. The summed E-state index contributed by atoms with van der Waals surface area (Å²) in [6.07, 6.45) is 2.97. The van der Waals surface area contributed by atoms with Gasteiger partial charge in [0.1, 0.15) is 5.69 Å². The van der Waals surface area contributed by atoms with E-state index in [1.54, 1.807) is 11.3 Å². The summed E-state index contributed by atoms with van der Waals surface area (Å²) >= 11 is 5.05. The summed E-state index contributed by atoms with van der Waals surface area (Å²) in [5.74, 6) is -0.0158. The van der Waals surface area contributed by atoms with Crippen LogP contribution in [0.3, 0.4) is 0 Å². The molecule has 0 aliphatic rings. The number of thiophene rings is 1.